The van der Waals surface area contributed by atoms with E-state index in [-0.39, 0.29) is 11.6 Å². The molecule has 0 fully saturated rings. The topological polar surface area (TPSA) is 191 Å². The summed E-state index contributed by atoms with van der Waals surface area (Å²) >= 11 is 0. The Bertz CT molecular complexity index is 153. The van der Waals surface area contributed by atoms with Crippen molar-refractivity contribution in [2.45, 2.75) is 0 Å². The van der Waals surface area contributed by atoms with E-state index in [2.05, 4.69) is 4.31 Å². The lowest BCUT2D eigenvalue weighted by atomic mass is 14.0. The summed E-state index contributed by atoms with van der Waals surface area (Å²) in [6, 6.07) is 0. The van der Waals surface area contributed by atoms with Crippen LogP contribution in [-0.2, 0) is 13.4 Å². The van der Waals surface area contributed by atoms with Crippen LogP contribution >= 0.6 is 15.6 Å². The van der Waals surface area contributed by atoms with Gasteiger partial charge in [-0.2, -0.15) is 4.31 Å². The van der Waals surface area contributed by atoms with E-state index in [0.29, 0.717) is 0 Å². The van der Waals surface area contributed by atoms with Gasteiger partial charge < -0.3 is 31.2 Å². The average molecular weight is 213 g/mol. The summed E-state index contributed by atoms with van der Waals surface area (Å²) in [7, 11) is -10.1. The van der Waals surface area contributed by atoms with Crippen LogP contribution in [0.1, 0.15) is 0 Å². The molecule has 0 amide bonds. The third-order valence-electron chi connectivity index (χ3n) is 0.213. The quantitative estimate of drug-likeness (QED) is 0.343. The van der Waals surface area contributed by atoms with E-state index in [9.17, 15) is 9.13 Å². The van der Waals surface area contributed by atoms with Crippen molar-refractivity contribution in [3.8, 4) is 0 Å². The molecule has 0 aromatic carbocycles. The van der Waals surface area contributed by atoms with E-state index >= 15 is 0 Å². The fraction of sp³-hybridized carbons (Fsp3) is 0. The van der Waals surface area contributed by atoms with Crippen molar-refractivity contribution in [2.75, 3.05) is 0 Å². The van der Waals surface area contributed by atoms with Crippen LogP contribution in [0.25, 0.3) is 0 Å². The first kappa shape index (κ1) is 17.3. The van der Waals surface area contributed by atoms with Crippen LogP contribution in [0.4, 0.5) is 0 Å². The molecule has 0 saturated carbocycles. The molecule has 0 aromatic rings. The van der Waals surface area contributed by atoms with Gasteiger partial charge in [-0.25, -0.2) is 9.13 Å². The van der Waals surface area contributed by atoms with E-state index in [4.69, 9.17) is 19.6 Å². The van der Waals surface area contributed by atoms with E-state index in [1.807, 2.05) is 0 Å². The van der Waals surface area contributed by atoms with E-state index < -0.39 is 15.6 Å². The molecule has 0 aromatic heterocycles. The first-order valence-corrected chi connectivity index (χ1v) is 4.59. The first-order chi connectivity index (χ1) is 3.71. The lowest BCUT2D eigenvalue weighted by molar-refractivity contribution is 0.225. The molecule has 72 valence electrons. The molecular formula is H9NO8P2. The second-order valence-corrected chi connectivity index (χ2v) is 3.68. The first-order valence-electron chi connectivity index (χ1n) is 1.53. The molecule has 0 aliphatic heterocycles. The van der Waals surface area contributed by atoms with Gasteiger partial charge in [0.2, 0.25) is 0 Å². The van der Waals surface area contributed by atoms with Crippen LogP contribution in [0.15, 0.2) is 0 Å². The van der Waals surface area contributed by atoms with Gasteiger partial charge >= 0.3 is 15.6 Å². The van der Waals surface area contributed by atoms with Crippen LogP contribution in [-0.4, -0.2) is 25.0 Å². The minimum atomic E-state index is -5.05. The van der Waals surface area contributed by atoms with Crippen molar-refractivity contribution < 1.29 is 38.5 Å². The molecule has 0 saturated heterocycles. The Hall–Kier alpha value is 0.180. The van der Waals surface area contributed by atoms with Gasteiger partial charge in [0, 0.05) is 0 Å². The zero-order chi connectivity index (χ0) is 7.71. The van der Waals surface area contributed by atoms with Gasteiger partial charge in [0.15, 0.2) is 0 Å². The maximum absolute atomic E-state index is 9.63. The van der Waals surface area contributed by atoms with E-state index in [1.54, 1.807) is 0 Å². The number of hydrogen-bond donors (Lipinski definition) is 5. The molecule has 0 unspecified atom stereocenters. The second-order valence-electron chi connectivity index (χ2n) is 1.06. The van der Waals surface area contributed by atoms with Crippen molar-refractivity contribution in [1.29, 1.82) is 0 Å². The Kier molecular flexibility index (Phi) is 7.77. The Balaban J connectivity index is -0.000000320. The molecule has 11 heteroatoms. The Morgan fingerprint density at radius 1 is 0.909 bits per heavy atom. The van der Waals surface area contributed by atoms with Gasteiger partial charge in [0.05, 0.1) is 0 Å². The van der Waals surface area contributed by atoms with Gasteiger partial charge in [-0.3, -0.25) is 0 Å². The monoisotopic (exact) mass is 213 g/mol. The molecule has 0 spiro atoms. The Morgan fingerprint density at radius 2 is 1.09 bits per heavy atom. The molecule has 0 aliphatic rings. The number of rotatable bonds is 2. The SMILES string of the molecule is N.O.O=P(O)(O)OP(=O)(O)O. The van der Waals surface area contributed by atoms with Crippen molar-refractivity contribution >= 4 is 15.6 Å². The average Bonchev–Trinajstić information content (AvgIpc) is 1.14. The molecule has 0 radical (unpaired) electrons. The molecule has 0 rings (SSSR count). The van der Waals surface area contributed by atoms with E-state index in [1.165, 1.54) is 0 Å². The summed E-state index contributed by atoms with van der Waals surface area (Å²) in [6.45, 7) is 0. The smallest absolute Gasteiger partial charge is 0.412 e. The largest absolute Gasteiger partial charge is 0.478 e. The van der Waals surface area contributed by atoms with Crippen molar-refractivity contribution in [2.24, 2.45) is 0 Å². The maximum atomic E-state index is 9.63. The third kappa shape index (κ3) is 17.8. The minimum Gasteiger partial charge on any atom is -0.412 e. The van der Waals surface area contributed by atoms with Crippen LogP contribution in [0, 0.1) is 0 Å². The van der Waals surface area contributed by atoms with Crippen LogP contribution in [0.3, 0.4) is 0 Å². The highest BCUT2D eigenvalue weighted by atomic mass is 31.3. The zero-order valence-corrected chi connectivity index (χ0v) is 6.90. The van der Waals surface area contributed by atoms with E-state index in [0.717, 1.165) is 0 Å². The lowest BCUT2D eigenvalue weighted by Gasteiger charge is -2.03. The normalized spacial score (nSPS) is 11.3. The number of hydrogen-bond acceptors (Lipinski definition) is 4. The second kappa shape index (κ2) is 4.94. The molecule has 11 heavy (non-hydrogen) atoms. The highest BCUT2D eigenvalue weighted by molar-refractivity contribution is 7.60. The van der Waals surface area contributed by atoms with Crippen molar-refractivity contribution in [3.63, 3.8) is 0 Å². The molecule has 0 aliphatic carbocycles. The van der Waals surface area contributed by atoms with Crippen LogP contribution in [0.5, 0.6) is 0 Å². The highest BCUT2D eigenvalue weighted by Crippen LogP contribution is 2.53. The van der Waals surface area contributed by atoms with Crippen molar-refractivity contribution in [1.82, 2.24) is 6.15 Å². The standard InChI is InChI=1S/H3N.H4O7P2.H2O/c;1-8(2,3)7-9(4,5)6;/h1H3;(H2,1,2,3)(H2,4,5,6);1H2. The minimum absolute atomic E-state index is 0. The maximum Gasteiger partial charge on any atom is 0.478 e. The molecule has 0 heterocycles. The lowest BCUT2D eigenvalue weighted by Crippen LogP contribution is -1.84. The van der Waals surface area contributed by atoms with Crippen LogP contribution < -0.4 is 6.15 Å². The molecule has 0 atom stereocenters. The fourth-order valence-electron chi connectivity index (χ4n) is 0.139. The predicted molar refractivity (Wildman–Crippen MR) is 33.8 cm³/mol. The Labute approximate surface area is 61.4 Å². The fourth-order valence-corrected chi connectivity index (χ4v) is 1.25. The molecule has 0 bridgehead atoms. The summed E-state index contributed by atoms with van der Waals surface area (Å²) in [6.07, 6.45) is 0. The Morgan fingerprint density at radius 3 is 1.09 bits per heavy atom. The highest BCUT2D eigenvalue weighted by Gasteiger charge is 2.27. The summed E-state index contributed by atoms with van der Waals surface area (Å²) < 4.78 is 22.2. The molecule has 9 nitrogen and oxygen atoms in total. The van der Waals surface area contributed by atoms with Gasteiger partial charge in [-0.1, -0.05) is 0 Å². The van der Waals surface area contributed by atoms with Gasteiger partial charge in [0.25, 0.3) is 0 Å². The summed E-state index contributed by atoms with van der Waals surface area (Å²) in [4.78, 5) is 31.0. The van der Waals surface area contributed by atoms with Gasteiger partial charge in [0.1, 0.15) is 0 Å². The summed E-state index contributed by atoms with van der Waals surface area (Å²) in [5, 5.41) is 0. The molecular weight excluding hydrogens is 204 g/mol. The van der Waals surface area contributed by atoms with Gasteiger partial charge in [-0.05, 0) is 0 Å². The molecule has 9 N–H and O–H groups in total. The summed E-state index contributed by atoms with van der Waals surface area (Å²) in [5.74, 6) is 0. The number of phosphoric acid groups is 2. The van der Waals surface area contributed by atoms with Crippen molar-refractivity contribution in [3.05, 3.63) is 0 Å². The zero-order valence-electron chi connectivity index (χ0n) is 5.12. The third-order valence-corrected chi connectivity index (χ3v) is 1.91. The van der Waals surface area contributed by atoms with Crippen LogP contribution in [0.2, 0.25) is 0 Å². The van der Waals surface area contributed by atoms with Gasteiger partial charge in [-0.15, -0.1) is 0 Å². The predicted octanol–water partition coefficient (Wildman–Crippen LogP) is -1.47. The summed E-state index contributed by atoms with van der Waals surface area (Å²) in [5.41, 5.74) is 0.